The van der Waals surface area contributed by atoms with Gasteiger partial charge in [-0.1, -0.05) is 205 Å². The summed E-state index contributed by atoms with van der Waals surface area (Å²) < 4.78 is 17.3. The summed E-state index contributed by atoms with van der Waals surface area (Å²) in [4.78, 5) is 25.4. The van der Waals surface area contributed by atoms with E-state index in [4.69, 9.17) is 14.2 Å². The first-order valence-corrected chi connectivity index (χ1v) is 26.4. The van der Waals surface area contributed by atoms with Crippen molar-refractivity contribution in [1.82, 2.24) is 0 Å². The van der Waals surface area contributed by atoms with Crippen LogP contribution in [-0.2, 0) is 23.8 Å². The Balaban J connectivity index is 4.44. The van der Waals surface area contributed by atoms with Crippen LogP contribution in [0.15, 0.2) is 146 Å². The van der Waals surface area contributed by atoms with Crippen LogP contribution in [0.5, 0.6) is 0 Å². The van der Waals surface area contributed by atoms with Crippen LogP contribution in [0.3, 0.4) is 0 Å². The number of esters is 2. The Morgan fingerprint density at radius 2 is 0.682 bits per heavy atom. The molecule has 0 amide bonds. The largest absolute Gasteiger partial charge is 0.462 e. The van der Waals surface area contributed by atoms with Gasteiger partial charge in [-0.2, -0.15) is 0 Å². The molecular formula is C61H96O5. The fourth-order valence-corrected chi connectivity index (χ4v) is 6.47. The third kappa shape index (κ3) is 52.4. The number of carbonyl (C=O) groups excluding carboxylic acids is 2. The van der Waals surface area contributed by atoms with E-state index in [1.54, 1.807) is 0 Å². The standard InChI is InChI=1S/C61H96O5/c1-4-7-10-13-16-19-22-24-26-28-30-32-34-36-38-41-44-47-50-53-56-64-57-59(66-61(63)55-52-49-46-43-39-21-18-15-12-9-6-3)58-65-60(62)54-51-48-45-42-40-37-35-33-31-29-27-25-23-20-17-14-11-8-5-2/h7-8,10-11,15-20,24-27,30-33,36-38,40,44,47,59H,4-6,9,12-14,21-23,28-29,34-35,39,41-43,45-46,48-58H2,1-3H3/b10-7-,11-8-,18-15-,19-16-,20-17-,26-24-,27-25-,32-30-,33-31-,38-36-,40-37-,47-44-. The van der Waals surface area contributed by atoms with Crippen molar-refractivity contribution in [3.05, 3.63) is 146 Å². The highest BCUT2D eigenvalue weighted by molar-refractivity contribution is 5.70. The molecule has 0 aromatic carbocycles. The van der Waals surface area contributed by atoms with Crippen molar-refractivity contribution in [2.45, 2.75) is 207 Å². The second-order valence-corrected chi connectivity index (χ2v) is 16.7. The van der Waals surface area contributed by atoms with Gasteiger partial charge < -0.3 is 14.2 Å². The molecule has 0 aromatic heterocycles. The van der Waals surface area contributed by atoms with Crippen molar-refractivity contribution in [2.75, 3.05) is 19.8 Å². The van der Waals surface area contributed by atoms with Gasteiger partial charge in [-0.3, -0.25) is 9.59 Å². The van der Waals surface area contributed by atoms with Gasteiger partial charge in [-0.25, -0.2) is 0 Å². The van der Waals surface area contributed by atoms with Crippen LogP contribution in [0.25, 0.3) is 0 Å². The fraction of sp³-hybridized carbons (Fsp3) is 0.574. The molecule has 0 rings (SSSR count). The average molecular weight is 909 g/mol. The Morgan fingerprint density at radius 3 is 1.12 bits per heavy atom. The number of hydrogen-bond donors (Lipinski definition) is 0. The van der Waals surface area contributed by atoms with E-state index in [-0.39, 0.29) is 25.2 Å². The van der Waals surface area contributed by atoms with E-state index in [1.807, 2.05) is 0 Å². The molecule has 66 heavy (non-hydrogen) atoms. The molecule has 5 nitrogen and oxygen atoms in total. The second-order valence-electron chi connectivity index (χ2n) is 16.7. The minimum Gasteiger partial charge on any atom is -0.462 e. The maximum Gasteiger partial charge on any atom is 0.306 e. The van der Waals surface area contributed by atoms with Gasteiger partial charge in [-0.15, -0.1) is 0 Å². The van der Waals surface area contributed by atoms with Crippen molar-refractivity contribution in [1.29, 1.82) is 0 Å². The highest BCUT2D eigenvalue weighted by Gasteiger charge is 2.17. The number of rotatable bonds is 46. The Bertz CT molecular complexity index is 1450. The highest BCUT2D eigenvalue weighted by Crippen LogP contribution is 2.11. The maximum atomic E-state index is 12.8. The number of carbonyl (C=O) groups is 2. The summed E-state index contributed by atoms with van der Waals surface area (Å²) in [7, 11) is 0. The average Bonchev–Trinajstić information content (AvgIpc) is 3.32. The van der Waals surface area contributed by atoms with Crippen molar-refractivity contribution < 1.29 is 23.8 Å². The van der Waals surface area contributed by atoms with Crippen molar-refractivity contribution in [3.63, 3.8) is 0 Å². The molecule has 370 valence electrons. The molecule has 0 saturated carbocycles. The van der Waals surface area contributed by atoms with Gasteiger partial charge in [0.05, 0.1) is 6.61 Å². The van der Waals surface area contributed by atoms with Crippen LogP contribution < -0.4 is 0 Å². The third-order valence-electron chi connectivity index (χ3n) is 10.3. The van der Waals surface area contributed by atoms with Crippen molar-refractivity contribution >= 4 is 11.9 Å². The maximum absolute atomic E-state index is 12.8. The SMILES string of the molecule is CC/C=C\C/C=C\C/C=C\C/C=C\C/C=C\C/C=C\CCCOCC(COC(=O)CCCCC/C=C\C/C=C\C/C=C\C/C=C\C/C=C\CC)OC(=O)CCCCCCC/C=C\CCCC. The molecule has 0 spiro atoms. The first-order valence-electron chi connectivity index (χ1n) is 26.4. The van der Waals surface area contributed by atoms with Crippen LogP contribution in [0.4, 0.5) is 0 Å². The number of ether oxygens (including phenoxy) is 3. The molecule has 0 aliphatic carbocycles. The quantitative estimate of drug-likeness (QED) is 0.0346. The molecule has 1 unspecified atom stereocenters. The van der Waals surface area contributed by atoms with Gasteiger partial charge in [0.1, 0.15) is 6.61 Å². The molecule has 0 radical (unpaired) electrons. The fourth-order valence-electron chi connectivity index (χ4n) is 6.47. The van der Waals surface area contributed by atoms with Gasteiger partial charge >= 0.3 is 11.9 Å². The Labute approximate surface area is 406 Å². The molecule has 1 atom stereocenters. The van der Waals surface area contributed by atoms with Crippen molar-refractivity contribution in [2.24, 2.45) is 0 Å². The van der Waals surface area contributed by atoms with E-state index >= 15 is 0 Å². The molecule has 0 aliphatic rings. The molecule has 0 aliphatic heterocycles. The van der Waals surface area contributed by atoms with Crippen LogP contribution in [-0.4, -0.2) is 37.9 Å². The Kier molecular flexibility index (Phi) is 51.6. The van der Waals surface area contributed by atoms with E-state index in [2.05, 4.69) is 167 Å². The van der Waals surface area contributed by atoms with E-state index < -0.39 is 6.10 Å². The predicted molar refractivity (Wildman–Crippen MR) is 288 cm³/mol. The molecule has 0 N–H and O–H groups in total. The lowest BCUT2D eigenvalue weighted by atomic mass is 10.1. The summed E-state index contributed by atoms with van der Waals surface area (Å²) in [6.07, 6.45) is 80.1. The number of allylic oxidation sites excluding steroid dienone is 24. The van der Waals surface area contributed by atoms with Crippen LogP contribution in [0.2, 0.25) is 0 Å². The second kappa shape index (κ2) is 55.1. The van der Waals surface area contributed by atoms with Gasteiger partial charge in [0.25, 0.3) is 0 Å². The summed E-state index contributed by atoms with van der Waals surface area (Å²) in [6.45, 7) is 7.35. The zero-order chi connectivity index (χ0) is 47.7. The summed E-state index contributed by atoms with van der Waals surface area (Å²) in [6, 6.07) is 0. The molecular weight excluding hydrogens is 813 g/mol. The van der Waals surface area contributed by atoms with E-state index in [9.17, 15) is 9.59 Å². The Morgan fingerprint density at radius 1 is 0.348 bits per heavy atom. The predicted octanol–water partition coefficient (Wildman–Crippen LogP) is 18.1. The number of unbranched alkanes of at least 4 members (excludes halogenated alkanes) is 11. The minimum absolute atomic E-state index is 0.0313. The normalized spacial score (nSPS) is 13.4. The third-order valence-corrected chi connectivity index (χ3v) is 10.3. The first kappa shape index (κ1) is 61.8. The van der Waals surface area contributed by atoms with E-state index in [0.717, 1.165) is 135 Å². The Hall–Kier alpha value is -4.22. The van der Waals surface area contributed by atoms with E-state index in [0.29, 0.717) is 19.4 Å². The van der Waals surface area contributed by atoms with E-state index in [1.165, 1.54) is 32.1 Å². The van der Waals surface area contributed by atoms with Gasteiger partial charge in [0.2, 0.25) is 0 Å². The number of hydrogen-bond acceptors (Lipinski definition) is 5. The lowest BCUT2D eigenvalue weighted by molar-refractivity contribution is -0.163. The monoisotopic (exact) mass is 909 g/mol. The zero-order valence-electron chi connectivity index (χ0n) is 42.4. The summed E-state index contributed by atoms with van der Waals surface area (Å²) >= 11 is 0. The lowest BCUT2D eigenvalue weighted by Gasteiger charge is -2.18. The molecule has 0 saturated heterocycles. The molecule has 0 heterocycles. The van der Waals surface area contributed by atoms with Crippen LogP contribution in [0.1, 0.15) is 201 Å². The van der Waals surface area contributed by atoms with Gasteiger partial charge in [0, 0.05) is 19.4 Å². The first-order chi connectivity index (χ1) is 32.6. The molecule has 0 bridgehead atoms. The molecule has 0 fully saturated rings. The van der Waals surface area contributed by atoms with Gasteiger partial charge in [0.15, 0.2) is 6.10 Å². The summed E-state index contributed by atoms with van der Waals surface area (Å²) in [5, 5.41) is 0. The van der Waals surface area contributed by atoms with Gasteiger partial charge in [-0.05, 0) is 128 Å². The highest BCUT2D eigenvalue weighted by atomic mass is 16.6. The van der Waals surface area contributed by atoms with Crippen LogP contribution >= 0.6 is 0 Å². The lowest BCUT2D eigenvalue weighted by Crippen LogP contribution is -2.30. The minimum atomic E-state index is -0.595. The smallest absolute Gasteiger partial charge is 0.306 e. The zero-order valence-corrected chi connectivity index (χ0v) is 42.4. The summed E-state index contributed by atoms with van der Waals surface area (Å²) in [5.74, 6) is -0.490. The molecule has 0 aromatic rings. The van der Waals surface area contributed by atoms with Crippen molar-refractivity contribution in [3.8, 4) is 0 Å². The van der Waals surface area contributed by atoms with Crippen LogP contribution in [0, 0.1) is 0 Å². The molecule has 5 heteroatoms. The summed E-state index contributed by atoms with van der Waals surface area (Å²) in [5.41, 5.74) is 0. The topological polar surface area (TPSA) is 61.8 Å².